The largest absolute Gasteiger partial charge is 0.403 e. The molecular weight excluding hydrogens is 218 g/mol. The summed E-state index contributed by atoms with van der Waals surface area (Å²) in [5.74, 6) is -0.604. The smallest absolute Gasteiger partial charge is 0.344 e. The molecule has 2 rings (SSSR count). The van der Waals surface area contributed by atoms with Gasteiger partial charge in [-0.1, -0.05) is 12.1 Å². The van der Waals surface area contributed by atoms with Crippen LogP contribution >= 0.6 is 0 Å². The molecule has 0 aromatic heterocycles. The molecule has 1 aromatic rings. The van der Waals surface area contributed by atoms with Crippen molar-refractivity contribution >= 4 is 15.9 Å². The van der Waals surface area contributed by atoms with Gasteiger partial charge in [0.1, 0.15) is 0 Å². The van der Waals surface area contributed by atoms with E-state index < -0.39 is 20.8 Å². The van der Waals surface area contributed by atoms with Gasteiger partial charge in [0, 0.05) is 6.20 Å². The number of rotatable bonds is 0. The molecule has 0 spiro atoms. The monoisotopic (exact) mass is 225 g/mol. The molecule has 0 bridgehead atoms. The first kappa shape index (κ1) is 9.72. The van der Waals surface area contributed by atoms with E-state index in [1.165, 1.54) is 12.1 Å². The molecule has 0 atom stereocenters. The first-order valence-corrected chi connectivity index (χ1v) is 5.47. The lowest BCUT2D eigenvalue weighted by Crippen LogP contribution is -2.26. The Hall–Kier alpha value is -1.82. The predicted octanol–water partition coefficient (Wildman–Crippen LogP) is 0.392. The minimum Gasteiger partial charge on any atom is -0.403 e. The van der Waals surface area contributed by atoms with Crippen molar-refractivity contribution in [1.82, 2.24) is 0 Å². The summed E-state index contributed by atoms with van der Waals surface area (Å²) < 4.78 is 27.5. The van der Waals surface area contributed by atoms with Gasteiger partial charge >= 0.3 is 10.1 Å². The van der Waals surface area contributed by atoms with Gasteiger partial charge in [0.2, 0.25) is 5.78 Å². The highest BCUT2D eigenvalue weighted by molar-refractivity contribution is 7.92. The minimum atomic E-state index is -4.05. The van der Waals surface area contributed by atoms with Crippen molar-refractivity contribution in [2.45, 2.75) is 0 Å². The molecule has 1 aromatic carbocycles. The van der Waals surface area contributed by atoms with Crippen molar-refractivity contribution in [3.05, 3.63) is 40.9 Å². The number of nitrogens with two attached hydrogens (primary N) is 1. The lowest BCUT2D eigenvalue weighted by molar-refractivity contribution is 0.103. The Morgan fingerprint density at radius 2 is 1.93 bits per heavy atom. The number of carbonyl (C=O) groups excluding carboxylic acids is 1. The molecule has 78 valence electrons. The van der Waals surface area contributed by atoms with Crippen LogP contribution in [-0.4, -0.2) is 14.2 Å². The average molecular weight is 225 g/mol. The van der Waals surface area contributed by atoms with Crippen LogP contribution in [0, 0.1) is 0 Å². The first-order chi connectivity index (χ1) is 7.06. The van der Waals surface area contributed by atoms with Crippen LogP contribution in [0.3, 0.4) is 0 Å². The van der Waals surface area contributed by atoms with Crippen molar-refractivity contribution in [2.75, 3.05) is 0 Å². The first-order valence-electron chi connectivity index (χ1n) is 4.06. The van der Waals surface area contributed by atoms with Gasteiger partial charge in [0.25, 0.3) is 0 Å². The number of para-hydroxylation sites is 1. The van der Waals surface area contributed by atoms with Crippen molar-refractivity contribution in [1.29, 1.82) is 0 Å². The van der Waals surface area contributed by atoms with Gasteiger partial charge in [0.05, 0.1) is 5.56 Å². The van der Waals surface area contributed by atoms with Gasteiger partial charge in [-0.3, -0.25) is 4.79 Å². The van der Waals surface area contributed by atoms with Crippen LogP contribution in [0.1, 0.15) is 10.4 Å². The van der Waals surface area contributed by atoms with Crippen LogP contribution < -0.4 is 9.92 Å². The molecule has 6 heteroatoms. The zero-order chi connectivity index (χ0) is 11.1. The molecule has 5 nitrogen and oxygen atoms in total. The van der Waals surface area contributed by atoms with Crippen LogP contribution in [0.5, 0.6) is 5.75 Å². The summed E-state index contributed by atoms with van der Waals surface area (Å²) in [7, 11) is -4.05. The minimum absolute atomic E-state index is 0.0353. The van der Waals surface area contributed by atoms with Gasteiger partial charge in [-0.05, 0) is 12.1 Å². The van der Waals surface area contributed by atoms with Gasteiger partial charge < -0.3 is 9.92 Å². The molecule has 2 N–H and O–H groups in total. The van der Waals surface area contributed by atoms with E-state index in [0.717, 1.165) is 6.20 Å². The molecule has 0 fully saturated rings. The van der Waals surface area contributed by atoms with Crippen molar-refractivity contribution in [2.24, 2.45) is 5.73 Å². The number of benzene rings is 1. The number of ketones is 1. The standard InChI is InChI=1S/C9H7NO4S/c10-5-8-9(11)6-3-1-2-4-7(6)14-15(8,12)13/h1-5H,10H2/b8-5-. The Labute approximate surface area is 86.3 Å². The Morgan fingerprint density at radius 3 is 2.60 bits per heavy atom. The summed E-state index contributed by atoms with van der Waals surface area (Å²) in [6.45, 7) is 0. The van der Waals surface area contributed by atoms with E-state index in [-0.39, 0.29) is 11.3 Å². The normalized spacial score (nSPS) is 20.8. The molecule has 1 aliphatic heterocycles. The molecule has 0 saturated carbocycles. The van der Waals surface area contributed by atoms with Crippen LogP contribution in [-0.2, 0) is 10.1 Å². The Kier molecular flexibility index (Phi) is 2.01. The number of hydrogen-bond donors (Lipinski definition) is 1. The third-order valence-electron chi connectivity index (χ3n) is 1.98. The molecule has 0 radical (unpaired) electrons. The summed E-state index contributed by atoms with van der Waals surface area (Å²) in [4.78, 5) is 11.1. The fraction of sp³-hybridized carbons (Fsp3) is 0. The van der Waals surface area contributed by atoms with E-state index in [2.05, 4.69) is 0 Å². The summed E-state index contributed by atoms with van der Waals surface area (Å²) in [6.07, 6.45) is 0.744. The molecular formula is C9H7NO4S. The summed E-state index contributed by atoms with van der Waals surface area (Å²) >= 11 is 0. The highest BCUT2D eigenvalue weighted by Gasteiger charge is 2.35. The van der Waals surface area contributed by atoms with E-state index in [9.17, 15) is 13.2 Å². The maximum atomic E-state index is 11.7. The van der Waals surface area contributed by atoms with Gasteiger partial charge in [0.15, 0.2) is 10.7 Å². The Balaban J connectivity index is 2.72. The van der Waals surface area contributed by atoms with E-state index in [1.807, 2.05) is 0 Å². The molecule has 0 amide bonds. The van der Waals surface area contributed by atoms with Crippen LogP contribution in [0.15, 0.2) is 35.4 Å². The maximum absolute atomic E-state index is 11.7. The van der Waals surface area contributed by atoms with Crippen LogP contribution in [0.25, 0.3) is 0 Å². The van der Waals surface area contributed by atoms with Crippen molar-refractivity contribution < 1.29 is 17.4 Å². The third kappa shape index (κ3) is 1.39. The van der Waals surface area contributed by atoms with Crippen LogP contribution in [0.2, 0.25) is 0 Å². The Morgan fingerprint density at radius 1 is 1.27 bits per heavy atom. The quantitative estimate of drug-likeness (QED) is 0.510. The zero-order valence-electron chi connectivity index (χ0n) is 7.51. The zero-order valence-corrected chi connectivity index (χ0v) is 8.32. The second-order valence-corrected chi connectivity index (χ2v) is 4.41. The topological polar surface area (TPSA) is 86.5 Å². The lowest BCUT2D eigenvalue weighted by atomic mass is 10.1. The van der Waals surface area contributed by atoms with E-state index in [0.29, 0.717) is 0 Å². The van der Waals surface area contributed by atoms with E-state index in [1.54, 1.807) is 12.1 Å². The fourth-order valence-electron chi connectivity index (χ4n) is 1.30. The summed E-state index contributed by atoms with van der Waals surface area (Å²) in [6, 6.07) is 6.10. The molecule has 0 saturated heterocycles. The summed E-state index contributed by atoms with van der Waals surface area (Å²) in [5, 5.41) is 0. The van der Waals surface area contributed by atoms with Crippen molar-refractivity contribution in [3.8, 4) is 5.75 Å². The second kappa shape index (κ2) is 3.09. The van der Waals surface area contributed by atoms with E-state index in [4.69, 9.17) is 9.92 Å². The highest BCUT2D eigenvalue weighted by atomic mass is 32.2. The molecule has 0 aliphatic carbocycles. The molecule has 15 heavy (non-hydrogen) atoms. The number of allylic oxidation sites excluding steroid dienone is 1. The molecule has 1 heterocycles. The molecule has 0 unspecified atom stereocenters. The third-order valence-corrected chi connectivity index (χ3v) is 3.23. The second-order valence-electron chi connectivity index (χ2n) is 2.89. The molecule has 1 aliphatic rings. The van der Waals surface area contributed by atoms with Gasteiger partial charge in [-0.15, -0.1) is 0 Å². The maximum Gasteiger partial charge on any atom is 0.344 e. The van der Waals surface area contributed by atoms with Crippen molar-refractivity contribution in [3.63, 3.8) is 0 Å². The number of fused-ring (bicyclic) bond motifs is 1. The van der Waals surface area contributed by atoms with Gasteiger partial charge in [-0.2, -0.15) is 8.42 Å². The number of carbonyl (C=O) groups is 1. The van der Waals surface area contributed by atoms with E-state index >= 15 is 0 Å². The average Bonchev–Trinajstić information content (AvgIpc) is 2.17. The number of hydrogen-bond acceptors (Lipinski definition) is 5. The summed E-state index contributed by atoms with van der Waals surface area (Å²) in [5.41, 5.74) is 5.28. The Bertz CT molecular complexity index is 559. The van der Waals surface area contributed by atoms with Gasteiger partial charge in [-0.25, -0.2) is 0 Å². The predicted molar refractivity (Wildman–Crippen MR) is 52.6 cm³/mol. The SMILES string of the molecule is N/C=C1/C(=O)c2ccccc2OS1(=O)=O. The number of Topliss-reactive ketones (excluding diaryl/α,β-unsaturated/α-hetero) is 1. The fourth-order valence-corrected chi connectivity index (χ4v) is 2.27. The highest BCUT2D eigenvalue weighted by Crippen LogP contribution is 2.30. The lowest BCUT2D eigenvalue weighted by Gasteiger charge is -2.17. The van der Waals surface area contributed by atoms with Crippen LogP contribution in [0.4, 0.5) is 0 Å².